The largest absolute Gasteiger partial charge is 0.262 e. The Bertz CT molecular complexity index is 500. The van der Waals surface area contributed by atoms with Crippen LogP contribution < -0.4 is 0 Å². The van der Waals surface area contributed by atoms with Crippen LogP contribution in [0.1, 0.15) is 50.8 Å². The molecule has 0 radical (unpaired) electrons. The Morgan fingerprint density at radius 2 is 1.82 bits per heavy atom. The fourth-order valence-corrected chi connectivity index (χ4v) is 1.55. The Hall–Kier alpha value is -1.71. The molecule has 0 spiro atoms. The van der Waals surface area contributed by atoms with Gasteiger partial charge in [0, 0.05) is 6.20 Å². The van der Waals surface area contributed by atoms with Crippen LogP contribution >= 0.6 is 0 Å². The molecule has 0 fully saturated rings. The van der Waals surface area contributed by atoms with Crippen LogP contribution in [0.2, 0.25) is 0 Å². The van der Waals surface area contributed by atoms with Gasteiger partial charge in [-0.15, -0.1) is 5.10 Å². The first-order valence-electron chi connectivity index (χ1n) is 5.95. The quantitative estimate of drug-likeness (QED) is 0.814. The third kappa shape index (κ3) is 2.52. The molecule has 0 amide bonds. The van der Waals surface area contributed by atoms with Gasteiger partial charge in [0.25, 0.3) is 0 Å². The second kappa shape index (κ2) is 4.65. The summed E-state index contributed by atoms with van der Waals surface area (Å²) in [7, 11) is 0. The maximum Gasteiger partial charge on any atom is 0.0857 e. The molecule has 4 nitrogen and oxygen atoms in total. The van der Waals surface area contributed by atoms with Crippen molar-refractivity contribution in [3.63, 3.8) is 0 Å². The van der Waals surface area contributed by atoms with Gasteiger partial charge in [-0.3, -0.25) is 4.98 Å². The Balaban J connectivity index is 2.35. The highest BCUT2D eigenvalue weighted by Gasteiger charge is 2.07. The van der Waals surface area contributed by atoms with Crippen LogP contribution in [0.25, 0.3) is 5.69 Å². The van der Waals surface area contributed by atoms with Crippen LogP contribution in [0.3, 0.4) is 0 Å². The lowest BCUT2D eigenvalue weighted by Crippen LogP contribution is -1.98. The minimum Gasteiger partial charge on any atom is -0.262 e. The Kier molecular flexibility index (Phi) is 3.22. The highest BCUT2D eigenvalue weighted by molar-refractivity contribution is 5.32. The van der Waals surface area contributed by atoms with Crippen molar-refractivity contribution >= 4 is 0 Å². The van der Waals surface area contributed by atoms with E-state index in [2.05, 4.69) is 49.1 Å². The van der Waals surface area contributed by atoms with Crippen molar-refractivity contribution < 1.29 is 0 Å². The van der Waals surface area contributed by atoms with Crippen LogP contribution in [0.5, 0.6) is 0 Å². The van der Waals surface area contributed by atoms with Crippen molar-refractivity contribution in [2.24, 2.45) is 0 Å². The van der Waals surface area contributed by atoms with Gasteiger partial charge in [-0.25, -0.2) is 4.68 Å². The highest BCUT2D eigenvalue weighted by Crippen LogP contribution is 2.17. The van der Waals surface area contributed by atoms with E-state index in [1.54, 1.807) is 4.68 Å². The Labute approximate surface area is 102 Å². The summed E-state index contributed by atoms with van der Waals surface area (Å²) in [6.45, 7) is 8.53. The van der Waals surface area contributed by atoms with Crippen molar-refractivity contribution in [2.45, 2.75) is 39.5 Å². The third-order valence-corrected chi connectivity index (χ3v) is 2.78. The normalized spacial score (nSPS) is 11.4. The molecule has 0 bridgehead atoms. The maximum atomic E-state index is 4.25. The average Bonchev–Trinajstić information content (AvgIpc) is 2.78. The third-order valence-electron chi connectivity index (χ3n) is 2.78. The lowest BCUT2D eigenvalue weighted by atomic mass is 10.1. The summed E-state index contributed by atoms with van der Waals surface area (Å²) in [6.07, 6.45) is 5.67. The van der Waals surface area contributed by atoms with Gasteiger partial charge in [-0.05, 0) is 23.5 Å². The Morgan fingerprint density at radius 1 is 1.06 bits per heavy atom. The topological polar surface area (TPSA) is 43.6 Å². The molecule has 2 aromatic heterocycles. The molecular weight excluding hydrogens is 212 g/mol. The summed E-state index contributed by atoms with van der Waals surface area (Å²) in [5.74, 6) is 0.862. The van der Waals surface area contributed by atoms with E-state index in [4.69, 9.17) is 0 Å². The van der Waals surface area contributed by atoms with Crippen molar-refractivity contribution in [3.05, 3.63) is 35.9 Å². The highest BCUT2D eigenvalue weighted by atomic mass is 15.4. The van der Waals surface area contributed by atoms with Crippen molar-refractivity contribution in [1.29, 1.82) is 0 Å². The molecule has 0 unspecified atom stereocenters. The van der Waals surface area contributed by atoms with Gasteiger partial charge in [0.15, 0.2) is 0 Å². The molecule has 0 aliphatic carbocycles. The van der Waals surface area contributed by atoms with Gasteiger partial charge in [0.05, 0.1) is 23.8 Å². The SMILES string of the molecule is CC(C)c1cncc(-n2cc(C(C)C)nn2)c1. The van der Waals surface area contributed by atoms with Gasteiger partial charge in [0.2, 0.25) is 0 Å². The van der Waals surface area contributed by atoms with E-state index in [1.807, 2.05) is 18.6 Å². The number of hydrogen-bond acceptors (Lipinski definition) is 3. The molecule has 2 rings (SSSR count). The minimum atomic E-state index is 0.394. The molecule has 0 saturated carbocycles. The van der Waals surface area contributed by atoms with Crippen molar-refractivity contribution in [1.82, 2.24) is 20.0 Å². The number of rotatable bonds is 3. The van der Waals surface area contributed by atoms with E-state index in [0.29, 0.717) is 11.8 Å². The van der Waals surface area contributed by atoms with Crippen LogP contribution in [0, 0.1) is 0 Å². The fraction of sp³-hybridized carbons (Fsp3) is 0.462. The number of nitrogens with zero attached hydrogens (tertiary/aromatic N) is 4. The summed E-state index contributed by atoms with van der Waals surface area (Å²) < 4.78 is 1.79. The van der Waals surface area contributed by atoms with Gasteiger partial charge >= 0.3 is 0 Å². The monoisotopic (exact) mass is 230 g/mol. The van der Waals surface area contributed by atoms with Crippen LogP contribution in [0.15, 0.2) is 24.7 Å². The van der Waals surface area contributed by atoms with Gasteiger partial charge in [0.1, 0.15) is 0 Å². The zero-order valence-electron chi connectivity index (χ0n) is 10.8. The summed E-state index contributed by atoms with van der Waals surface area (Å²) in [5.41, 5.74) is 3.18. The molecule has 2 heterocycles. The molecule has 0 aliphatic heterocycles. The average molecular weight is 230 g/mol. The second-order valence-corrected chi connectivity index (χ2v) is 4.87. The van der Waals surface area contributed by atoms with Crippen molar-refractivity contribution in [3.8, 4) is 5.69 Å². The van der Waals surface area contributed by atoms with Gasteiger partial charge in [-0.1, -0.05) is 32.9 Å². The molecule has 90 valence electrons. The predicted octanol–water partition coefficient (Wildman–Crippen LogP) is 2.91. The first-order valence-corrected chi connectivity index (χ1v) is 5.95. The summed E-state index contributed by atoms with van der Waals surface area (Å²) in [4.78, 5) is 4.25. The summed E-state index contributed by atoms with van der Waals surface area (Å²) >= 11 is 0. The smallest absolute Gasteiger partial charge is 0.0857 e. The van der Waals surface area contributed by atoms with Gasteiger partial charge < -0.3 is 0 Å². The molecule has 0 saturated heterocycles. The van der Waals surface area contributed by atoms with E-state index in [9.17, 15) is 0 Å². The maximum absolute atomic E-state index is 4.25. The zero-order valence-corrected chi connectivity index (χ0v) is 10.8. The molecule has 17 heavy (non-hydrogen) atoms. The first kappa shape index (κ1) is 11.8. The number of pyridine rings is 1. The van der Waals surface area contributed by atoms with Crippen LogP contribution in [0.4, 0.5) is 0 Å². The molecule has 0 N–H and O–H groups in total. The van der Waals surface area contributed by atoms with E-state index in [0.717, 1.165) is 11.4 Å². The number of aromatic nitrogens is 4. The van der Waals surface area contributed by atoms with E-state index >= 15 is 0 Å². The van der Waals surface area contributed by atoms with E-state index in [1.165, 1.54) is 5.56 Å². The summed E-state index contributed by atoms with van der Waals surface area (Å²) in [5, 5.41) is 8.29. The molecule has 4 heteroatoms. The van der Waals surface area contributed by atoms with Crippen LogP contribution in [-0.4, -0.2) is 20.0 Å². The second-order valence-electron chi connectivity index (χ2n) is 4.87. The minimum absolute atomic E-state index is 0.394. The number of hydrogen-bond donors (Lipinski definition) is 0. The molecule has 0 aliphatic rings. The zero-order chi connectivity index (χ0) is 12.4. The fourth-order valence-electron chi connectivity index (χ4n) is 1.55. The van der Waals surface area contributed by atoms with E-state index < -0.39 is 0 Å². The predicted molar refractivity (Wildman–Crippen MR) is 67.3 cm³/mol. The molecule has 0 atom stereocenters. The molecule has 0 aromatic carbocycles. The molecular formula is C13H18N4. The lowest BCUT2D eigenvalue weighted by molar-refractivity contribution is 0.770. The van der Waals surface area contributed by atoms with Crippen molar-refractivity contribution in [2.75, 3.05) is 0 Å². The standard InChI is InChI=1S/C13H18N4/c1-9(2)11-5-12(7-14-6-11)17-8-13(10(3)4)15-16-17/h5-10H,1-4H3. The summed E-state index contributed by atoms with van der Waals surface area (Å²) in [6, 6.07) is 2.11. The van der Waals surface area contributed by atoms with Crippen LogP contribution in [-0.2, 0) is 0 Å². The first-order chi connectivity index (χ1) is 8.08. The van der Waals surface area contributed by atoms with Gasteiger partial charge in [-0.2, -0.15) is 0 Å². The molecule has 2 aromatic rings. The van der Waals surface area contributed by atoms with E-state index in [-0.39, 0.29) is 0 Å². The lowest BCUT2D eigenvalue weighted by Gasteiger charge is -2.06. The Morgan fingerprint density at radius 3 is 2.41 bits per heavy atom.